The first-order valence-electron chi connectivity index (χ1n) is 6.22. The maximum Gasteiger partial charge on any atom is 0.269 e. The maximum atomic E-state index is 10.7. The molecule has 1 N–H and O–H groups in total. The lowest BCUT2D eigenvalue weighted by Gasteiger charge is -2.06. The van der Waals surface area contributed by atoms with Gasteiger partial charge in [-0.2, -0.15) is 0 Å². The molecule has 0 unspecified atom stereocenters. The molecule has 0 spiro atoms. The number of benzene rings is 1. The van der Waals surface area contributed by atoms with E-state index in [-0.39, 0.29) is 5.69 Å². The number of nitro benzene ring substituents is 1. The predicted octanol–water partition coefficient (Wildman–Crippen LogP) is 3.35. The number of nitrogens with one attached hydrogen (secondary N) is 1. The molecule has 106 valence electrons. The Morgan fingerprint density at radius 1 is 1.33 bits per heavy atom. The second kappa shape index (κ2) is 5.71. The van der Waals surface area contributed by atoms with Crippen LogP contribution in [0, 0.1) is 10.1 Å². The van der Waals surface area contributed by atoms with Crippen molar-refractivity contribution in [1.29, 1.82) is 0 Å². The van der Waals surface area contributed by atoms with Crippen molar-refractivity contribution in [2.24, 2.45) is 0 Å². The Hall–Kier alpha value is -2.12. The fourth-order valence-corrected chi connectivity index (χ4v) is 3.18. The number of thiocarbonyl (C=S) groups is 1. The van der Waals surface area contributed by atoms with E-state index >= 15 is 0 Å². The number of nitro groups is 1. The van der Waals surface area contributed by atoms with Gasteiger partial charge in [-0.25, -0.2) is 0 Å². The Kier molecular flexibility index (Phi) is 3.76. The third-order valence-corrected chi connectivity index (χ3v) is 4.31. The molecule has 21 heavy (non-hydrogen) atoms. The van der Waals surface area contributed by atoms with E-state index in [9.17, 15) is 10.1 Å². The number of hydrogen-bond donors (Lipinski definition) is 1. The molecular formula is C14H11N3O2S2. The molecule has 1 aliphatic heterocycles. The van der Waals surface area contributed by atoms with Crippen LogP contribution in [0.15, 0.2) is 47.5 Å². The van der Waals surface area contributed by atoms with Crippen molar-refractivity contribution >= 4 is 40.1 Å². The topological polar surface area (TPSA) is 60.1 Å². The van der Waals surface area contributed by atoms with Gasteiger partial charge in [0.2, 0.25) is 0 Å². The summed E-state index contributed by atoms with van der Waals surface area (Å²) >= 11 is 6.65. The van der Waals surface area contributed by atoms with Crippen LogP contribution in [-0.4, -0.2) is 20.4 Å². The van der Waals surface area contributed by atoms with E-state index in [4.69, 9.17) is 12.2 Å². The molecule has 2 aromatic rings. The van der Waals surface area contributed by atoms with Gasteiger partial charge in [-0.3, -0.25) is 10.1 Å². The van der Waals surface area contributed by atoms with Crippen LogP contribution in [0.5, 0.6) is 0 Å². The number of nitrogens with zero attached hydrogens (tertiary/aromatic N) is 2. The average molecular weight is 317 g/mol. The van der Waals surface area contributed by atoms with E-state index in [1.54, 1.807) is 23.9 Å². The summed E-state index contributed by atoms with van der Waals surface area (Å²) in [7, 11) is 0. The van der Waals surface area contributed by atoms with Gasteiger partial charge in [0, 0.05) is 41.2 Å². The summed E-state index contributed by atoms with van der Waals surface area (Å²) in [4.78, 5) is 11.4. The Bertz CT molecular complexity index is 735. The molecular weight excluding hydrogens is 306 g/mol. The SMILES string of the molecule is O=[N+]([O-])c1ccc(-n2cccc2/C=C2\CNC(=S)S2)cc1. The van der Waals surface area contributed by atoms with Gasteiger partial charge in [0.15, 0.2) is 0 Å². The first-order valence-corrected chi connectivity index (χ1v) is 7.44. The smallest absolute Gasteiger partial charge is 0.269 e. The van der Waals surface area contributed by atoms with Crippen LogP contribution in [-0.2, 0) is 0 Å². The van der Waals surface area contributed by atoms with Crippen molar-refractivity contribution in [1.82, 2.24) is 9.88 Å². The molecule has 2 heterocycles. The normalized spacial score (nSPS) is 16.2. The summed E-state index contributed by atoms with van der Waals surface area (Å²) < 4.78 is 2.77. The highest BCUT2D eigenvalue weighted by molar-refractivity contribution is 8.26. The second-order valence-electron chi connectivity index (χ2n) is 4.43. The van der Waals surface area contributed by atoms with E-state index in [0.29, 0.717) is 0 Å². The third kappa shape index (κ3) is 2.98. The molecule has 7 heteroatoms. The van der Waals surface area contributed by atoms with Crippen LogP contribution in [0.2, 0.25) is 0 Å². The Morgan fingerprint density at radius 3 is 2.71 bits per heavy atom. The lowest BCUT2D eigenvalue weighted by atomic mass is 10.2. The molecule has 0 saturated carbocycles. The molecule has 1 aromatic heterocycles. The van der Waals surface area contributed by atoms with Crippen LogP contribution in [0.25, 0.3) is 11.8 Å². The van der Waals surface area contributed by atoms with Crippen LogP contribution in [0.1, 0.15) is 5.69 Å². The average Bonchev–Trinajstić information content (AvgIpc) is 3.09. The number of hydrogen-bond acceptors (Lipinski definition) is 4. The minimum atomic E-state index is -0.399. The standard InChI is InChI=1S/C14H11N3O2S2/c18-17(19)11-5-3-10(4-6-11)16-7-1-2-12(16)8-13-9-15-14(20)21-13/h1-8H,9H2,(H,15,20)/b13-8+. The Balaban J connectivity index is 1.91. The quantitative estimate of drug-likeness (QED) is 0.534. The predicted molar refractivity (Wildman–Crippen MR) is 88.6 cm³/mol. The zero-order valence-electron chi connectivity index (χ0n) is 10.9. The van der Waals surface area contributed by atoms with E-state index in [0.717, 1.165) is 27.2 Å². The van der Waals surface area contributed by atoms with E-state index < -0.39 is 4.92 Å². The molecule has 0 radical (unpaired) electrons. The molecule has 5 nitrogen and oxygen atoms in total. The van der Waals surface area contributed by atoms with Crippen molar-refractivity contribution in [3.05, 3.63) is 63.3 Å². The Labute approximate surface area is 130 Å². The monoisotopic (exact) mass is 317 g/mol. The van der Waals surface area contributed by atoms with Crippen LogP contribution in [0.3, 0.4) is 0 Å². The van der Waals surface area contributed by atoms with Crippen molar-refractivity contribution in [3.8, 4) is 5.69 Å². The van der Waals surface area contributed by atoms with Crippen LogP contribution >= 0.6 is 24.0 Å². The first-order chi connectivity index (χ1) is 10.1. The summed E-state index contributed by atoms with van der Waals surface area (Å²) in [5.74, 6) is 0. The number of thioether (sulfide) groups is 1. The summed E-state index contributed by atoms with van der Waals surface area (Å²) in [6, 6.07) is 10.4. The summed E-state index contributed by atoms with van der Waals surface area (Å²) in [6.45, 7) is 0.745. The van der Waals surface area contributed by atoms with Gasteiger partial charge < -0.3 is 9.88 Å². The molecule has 3 rings (SSSR count). The molecule has 0 atom stereocenters. The van der Waals surface area contributed by atoms with E-state index in [2.05, 4.69) is 11.4 Å². The summed E-state index contributed by atoms with van der Waals surface area (Å²) in [5, 5.41) is 13.8. The fourth-order valence-electron chi connectivity index (χ4n) is 2.08. The number of aromatic nitrogens is 1. The zero-order chi connectivity index (χ0) is 14.8. The van der Waals surface area contributed by atoms with Gasteiger partial charge in [-0.05, 0) is 30.3 Å². The molecule has 1 aromatic carbocycles. The zero-order valence-corrected chi connectivity index (χ0v) is 12.5. The van der Waals surface area contributed by atoms with Gasteiger partial charge in [0.25, 0.3) is 5.69 Å². The summed E-state index contributed by atoms with van der Waals surface area (Å²) in [6.07, 6.45) is 4.00. The van der Waals surface area contributed by atoms with Gasteiger partial charge in [0.05, 0.1) is 4.92 Å². The summed E-state index contributed by atoms with van der Waals surface area (Å²) in [5.41, 5.74) is 1.99. The minimum absolute atomic E-state index is 0.0895. The molecule has 1 saturated heterocycles. The highest BCUT2D eigenvalue weighted by Crippen LogP contribution is 2.26. The fraction of sp³-hybridized carbons (Fsp3) is 0.0714. The van der Waals surface area contributed by atoms with Gasteiger partial charge >= 0.3 is 0 Å². The number of non-ortho nitro benzene ring substituents is 1. The largest absolute Gasteiger partial charge is 0.366 e. The molecule has 0 amide bonds. The molecule has 1 fully saturated rings. The molecule has 1 aliphatic rings. The second-order valence-corrected chi connectivity index (χ2v) is 6.23. The van der Waals surface area contributed by atoms with Crippen LogP contribution < -0.4 is 5.32 Å². The molecule has 0 aliphatic carbocycles. The van der Waals surface area contributed by atoms with Crippen molar-refractivity contribution in [2.45, 2.75) is 0 Å². The lowest BCUT2D eigenvalue weighted by molar-refractivity contribution is -0.384. The van der Waals surface area contributed by atoms with Crippen molar-refractivity contribution in [2.75, 3.05) is 6.54 Å². The highest BCUT2D eigenvalue weighted by atomic mass is 32.2. The van der Waals surface area contributed by atoms with E-state index in [1.807, 2.05) is 22.9 Å². The highest BCUT2D eigenvalue weighted by Gasteiger charge is 2.13. The minimum Gasteiger partial charge on any atom is -0.366 e. The number of rotatable bonds is 3. The van der Waals surface area contributed by atoms with Gasteiger partial charge in [-0.1, -0.05) is 24.0 Å². The first kappa shape index (κ1) is 13.8. The van der Waals surface area contributed by atoms with Crippen molar-refractivity contribution in [3.63, 3.8) is 0 Å². The van der Waals surface area contributed by atoms with Crippen molar-refractivity contribution < 1.29 is 4.92 Å². The lowest BCUT2D eigenvalue weighted by Crippen LogP contribution is -2.09. The van der Waals surface area contributed by atoms with Gasteiger partial charge in [0.1, 0.15) is 4.32 Å². The van der Waals surface area contributed by atoms with E-state index in [1.165, 1.54) is 12.1 Å². The Morgan fingerprint density at radius 2 is 2.10 bits per heavy atom. The maximum absolute atomic E-state index is 10.7. The molecule has 0 bridgehead atoms. The third-order valence-electron chi connectivity index (χ3n) is 3.06. The van der Waals surface area contributed by atoms with Crippen LogP contribution in [0.4, 0.5) is 5.69 Å². The van der Waals surface area contributed by atoms with Gasteiger partial charge in [-0.15, -0.1) is 0 Å².